The van der Waals surface area contributed by atoms with Crippen LogP contribution >= 0.6 is 12.4 Å². The minimum Gasteiger partial charge on any atom is -0.381 e. The fourth-order valence-corrected chi connectivity index (χ4v) is 2.22. The van der Waals surface area contributed by atoms with E-state index in [1.165, 1.54) is 11.1 Å². The summed E-state index contributed by atoms with van der Waals surface area (Å²) in [7, 11) is 0. The van der Waals surface area contributed by atoms with Gasteiger partial charge in [0.15, 0.2) is 0 Å². The Balaban J connectivity index is 0.00000128. The number of nitrogens with two attached hydrogens (primary N) is 1. The van der Waals surface area contributed by atoms with Gasteiger partial charge >= 0.3 is 0 Å². The Hall–Kier alpha value is -0.570. The van der Waals surface area contributed by atoms with Crippen molar-refractivity contribution in [3.05, 3.63) is 35.4 Å². The van der Waals surface area contributed by atoms with Crippen LogP contribution in [0, 0.1) is 12.8 Å². The molecule has 0 aromatic heterocycles. The summed E-state index contributed by atoms with van der Waals surface area (Å²) in [6.45, 7) is 3.84. The van der Waals surface area contributed by atoms with E-state index in [9.17, 15) is 0 Å². The standard InChI is InChI=1S/C13H19NO.ClH/c1-10-3-2-4-12(9-10)13(14)11-5-7-15-8-6-11;/h2-4,9,11,13H,5-8,14H2,1H3;1H/t13-;/m0./s1. The number of benzene rings is 1. The number of aryl methyl sites for hydroxylation is 1. The fraction of sp³-hybridized carbons (Fsp3) is 0.538. The summed E-state index contributed by atoms with van der Waals surface area (Å²) in [6, 6.07) is 8.70. The largest absolute Gasteiger partial charge is 0.381 e. The third kappa shape index (κ3) is 3.21. The molecule has 1 aromatic carbocycles. The molecule has 0 bridgehead atoms. The van der Waals surface area contributed by atoms with Crippen molar-refractivity contribution in [1.82, 2.24) is 0 Å². The Labute approximate surface area is 104 Å². The Morgan fingerprint density at radius 1 is 1.31 bits per heavy atom. The number of rotatable bonds is 2. The first-order chi connectivity index (χ1) is 7.27. The minimum atomic E-state index is 0. The summed E-state index contributed by atoms with van der Waals surface area (Å²) in [5.74, 6) is 0.584. The van der Waals surface area contributed by atoms with Crippen LogP contribution in [0.4, 0.5) is 0 Å². The first-order valence-corrected chi connectivity index (χ1v) is 5.67. The summed E-state index contributed by atoms with van der Waals surface area (Å²) >= 11 is 0. The molecular formula is C13H20ClNO. The van der Waals surface area contributed by atoms with E-state index in [0.29, 0.717) is 5.92 Å². The lowest BCUT2D eigenvalue weighted by Gasteiger charge is -2.28. The molecule has 2 N–H and O–H groups in total. The maximum atomic E-state index is 6.28. The predicted molar refractivity (Wildman–Crippen MR) is 68.9 cm³/mol. The van der Waals surface area contributed by atoms with Crippen LogP contribution < -0.4 is 5.73 Å². The molecule has 1 atom stereocenters. The summed E-state index contributed by atoms with van der Waals surface area (Å²) in [5.41, 5.74) is 8.84. The van der Waals surface area contributed by atoms with Crippen molar-refractivity contribution in [2.75, 3.05) is 13.2 Å². The lowest BCUT2D eigenvalue weighted by Crippen LogP contribution is -2.27. The average molecular weight is 242 g/mol. The normalized spacial score (nSPS) is 18.9. The Bertz CT molecular complexity index is 323. The highest BCUT2D eigenvalue weighted by molar-refractivity contribution is 5.85. The molecule has 16 heavy (non-hydrogen) atoms. The van der Waals surface area contributed by atoms with Crippen molar-refractivity contribution < 1.29 is 4.74 Å². The molecule has 1 aromatic rings. The van der Waals surface area contributed by atoms with Gasteiger partial charge in [0.1, 0.15) is 0 Å². The smallest absolute Gasteiger partial charge is 0.0469 e. The Morgan fingerprint density at radius 3 is 2.62 bits per heavy atom. The van der Waals surface area contributed by atoms with Gasteiger partial charge in [-0.2, -0.15) is 0 Å². The van der Waals surface area contributed by atoms with Crippen LogP contribution in [0.1, 0.15) is 30.0 Å². The van der Waals surface area contributed by atoms with Crippen molar-refractivity contribution >= 4 is 12.4 Å². The maximum Gasteiger partial charge on any atom is 0.0469 e. The van der Waals surface area contributed by atoms with E-state index in [-0.39, 0.29) is 18.4 Å². The molecule has 1 fully saturated rings. The second-order valence-electron chi connectivity index (χ2n) is 4.39. The zero-order valence-corrected chi connectivity index (χ0v) is 10.5. The van der Waals surface area contributed by atoms with Crippen molar-refractivity contribution in [3.8, 4) is 0 Å². The van der Waals surface area contributed by atoms with Crippen molar-refractivity contribution in [1.29, 1.82) is 0 Å². The van der Waals surface area contributed by atoms with Gasteiger partial charge in [0.2, 0.25) is 0 Å². The van der Waals surface area contributed by atoms with Crippen LogP contribution in [-0.4, -0.2) is 13.2 Å². The second-order valence-corrected chi connectivity index (χ2v) is 4.39. The van der Waals surface area contributed by atoms with Crippen LogP contribution in [0.25, 0.3) is 0 Å². The van der Waals surface area contributed by atoms with E-state index in [1.54, 1.807) is 0 Å². The monoisotopic (exact) mass is 241 g/mol. The van der Waals surface area contributed by atoms with Gasteiger partial charge in [-0.25, -0.2) is 0 Å². The molecule has 1 heterocycles. The van der Waals surface area contributed by atoms with Gasteiger partial charge in [-0.3, -0.25) is 0 Å². The Kier molecular flexibility index (Phi) is 5.26. The molecule has 0 aliphatic carbocycles. The molecule has 2 rings (SSSR count). The van der Waals surface area contributed by atoms with E-state index in [1.807, 2.05) is 0 Å². The molecule has 0 saturated carbocycles. The third-order valence-corrected chi connectivity index (χ3v) is 3.20. The van der Waals surface area contributed by atoms with E-state index < -0.39 is 0 Å². The molecule has 1 saturated heterocycles. The molecule has 1 aliphatic rings. The molecule has 1 aliphatic heterocycles. The summed E-state index contributed by atoms with van der Waals surface area (Å²) in [5, 5.41) is 0. The zero-order valence-electron chi connectivity index (χ0n) is 9.69. The first kappa shape index (κ1) is 13.5. The van der Waals surface area contributed by atoms with Gasteiger partial charge in [0, 0.05) is 19.3 Å². The molecule has 90 valence electrons. The van der Waals surface area contributed by atoms with Crippen molar-refractivity contribution in [2.24, 2.45) is 11.7 Å². The first-order valence-electron chi connectivity index (χ1n) is 5.67. The lowest BCUT2D eigenvalue weighted by atomic mass is 9.87. The molecule has 3 heteroatoms. The molecule has 0 unspecified atom stereocenters. The average Bonchev–Trinajstić information content (AvgIpc) is 2.29. The van der Waals surface area contributed by atoms with Gasteiger partial charge in [-0.05, 0) is 31.2 Å². The Morgan fingerprint density at radius 2 is 2.00 bits per heavy atom. The number of ether oxygens (including phenoxy) is 1. The van der Waals surface area contributed by atoms with Gasteiger partial charge in [0.05, 0.1) is 0 Å². The SMILES string of the molecule is Cc1cccc([C@@H](N)C2CCOCC2)c1.Cl. The highest BCUT2D eigenvalue weighted by atomic mass is 35.5. The number of hydrogen-bond donors (Lipinski definition) is 1. The van der Waals surface area contributed by atoms with E-state index in [0.717, 1.165) is 26.1 Å². The summed E-state index contributed by atoms with van der Waals surface area (Å²) < 4.78 is 5.35. The molecule has 0 spiro atoms. The second kappa shape index (κ2) is 6.24. The van der Waals surface area contributed by atoms with Crippen LogP contribution in [0.5, 0.6) is 0 Å². The van der Waals surface area contributed by atoms with Crippen LogP contribution in [-0.2, 0) is 4.74 Å². The van der Waals surface area contributed by atoms with Gasteiger partial charge in [-0.1, -0.05) is 29.8 Å². The zero-order chi connectivity index (χ0) is 10.7. The van der Waals surface area contributed by atoms with Gasteiger partial charge < -0.3 is 10.5 Å². The van der Waals surface area contributed by atoms with Crippen LogP contribution in [0.15, 0.2) is 24.3 Å². The molecule has 2 nitrogen and oxygen atoms in total. The maximum absolute atomic E-state index is 6.28. The van der Waals surface area contributed by atoms with Crippen molar-refractivity contribution in [2.45, 2.75) is 25.8 Å². The van der Waals surface area contributed by atoms with Gasteiger partial charge in [-0.15, -0.1) is 12.4 Å². The number of halogens is 1. The van der Waals surface area contributed by atoms with Crippen molar-refractivity contribution in [3.63, 3.8) is 0 Å². The van der Waals surface area contributed by atoms with Crippen LogP contribution in [0.3, 0.4) is 0 Å². The molecule has 0 radical (unpaired) electrons. The van der Waals surface area contributed by atoms with E-state index in [2.05, 4.69) is 31.2 Å². The van der Waals surface area contributed by atoms with Crippen LogP contribution in [0.2, 0.25) is 0 Å². The predicted octanol–water partition coefficient (Wildman–Crippen LogP) is 2.84. The molecule has 0 amide bonds. The topological polar surface area (TPSA) is 35.2 Å². The lowest BCUT2D eigenvalue weighted by molar-refractivity contribution is 0.0584. The fourth-order valence-electron chi connectivity index (χ4n) is 2.22. The number of hydrogen-bond acceptors (Lipinski definition) is 2. The third-order valence-electron chi connectivity index (χ3n) is 3.20. The summed E-state index contributed by atoms with van der Waals surface area (Å²) in [6.07, 6.45) is 2.18. The highest BCUT2D eigenvalue weighted by Crippen LogP contribution is 2.28. The van der Waals surface area contributed by atoms with E-state index in [4.69, 9.17) is 10.5 Å². The quantitative estimate of drug-likeness (QED) is 0.864. The van der Waals surface area contributed by atoms with Gasteiger partial charge in [0.25, 0.3) is 0 Å². The molecular weight excluding hydrogens is 222 g/mol. The summed E-state index contributed by atoms with van der Waals surface area (Å²) in [4.78, 5) is 0. The highest BCUT2D eigenvalue weighted by Gasteiger charge is 2.21. The minimum absolute atomic E-state index is 0. The van der Waals surface area contributed by atoms with E-state index >= 15 is 0 Å².